The van der Waals surface area contributed by atoms with Crippen LogP contribution in [0.25, 0.3) is 0 Å². The van der Waals surface area contributed by atoms with E-state index in [1.807, 2.05) is 19.1 Å². The first-order valence-corrected chi connectivity index (χ1v) is 8.43. The number of hydrogen-bond acceptors (Lipinski definition) is 2. The third kappa shape index (κ3) is 4.09. The van der Waals surface area contributed by atoms with Gasteiger partial charge >= 0.3 is 0 Å². The second kappa shape index (κ2) is 7.43. The van der Waals surface area contributed by atoms with E-state index in [4.69, 9.17) is 11.6 Å². The van der Waals surface area contributed by atoms with Crippen molar-refractivity contribution in [3.63, 3.8) is 0 Å². The number of nitrogens with zero attached hydrogens (tertiary/aromatic N) is 2. The molecular formula is C16H21BrClN3. The average Bonchev–Trinajstić information content (AvgIpc) is 2.81. The number of likely N-dealkylation sites (N-methyl/N-ethyl adjacent to an activating group) is 1. The van der Waals surface area contributed by atoms with Gasteiger partial charge in [0.2, 0.25) is 0 Å². The van der Waals surface area contributed by atoms with Gasteiger partial charge in [-0.3, -0.25) is 4.68 Å². The fourth-order valence-electron chi connectivity index (χ4n) is 2.57. The number of halogens is 2. The zero-order valence-corrected chi connectivity index (χ0v) is 15.0. The van der Waals surface area contributed by atoms with Gasteiger partial charge in [0, 0.05) is 34.2 Å². The highest BCUT2D eigenvalue weighted by Crippen LogP contribution is 2.29. The first kappa shape index (κ1) is 16.5. The second-order valence-electron chi connectivity index (χ2n) is 5.07. The van der Waals surface area contributed by atoms with Gasteiger partial charge in [0.15, 0.2) is 0 Å². The third-order valence-electron chi connectivity index (χ3n) is 3.48. The van der Waals surface area contributed by atoms with E-state index in [-0.39, 0.29) is 6.04 Å². The average molecular weight is 371 g/mol. The summed E-state index contributed by atoms with van der Waals surface area (Å²) in [5, 5.41) is 8.85. The Balaban J connectivity index is 2.32. The number of aryl methyl sites for hydroxylation is 2. The summed E-state index contributed by atoms with van der Waals surface area (Å²) >= 11 is 9.92. The smallest absolute Gasteiger partial charge is 0.0596 e. The van der Waals surface area contributed by atoms with Crippen LogP contribution in [0, 0.1) is 6.92 Å². The minimum absolute atomic E-state index is 0.182. The number of hydrogen-bond donors (Lipinski definition) is 1. The van der Waals surface area contributed by atoms with E-state index < -0.39 is 0 Å². The summed E-state index contributed by atoms with van der Waals surface area (Å²) in [6.07, 6.45) is 0.874. The van der Waals surface area contributed by atoms with Crippen molar-refractivity contribution in [1.82, 2.24) is 15.1 Å². The molecule has 1 atom stereocenters. The molecule has 0 radical (unpaired) electrons. The number of aromatic nitrogens is 2. The van der Waals surface area contributed by atoms with Gasteiger partial charge in [-0.05, 0) is 50.2 Å². The SMILES string of the molecule is CCNC(Cc1cc(C)nn1CC)c1cc(Br)ccc1Cl. The zero-order valence-electron chi connectivity index (χ0n) is 12.7. The van der Waals surface area contributed by atoms with Gasteiger partial charge in [0.1, 0.15) is 0 Å². The lowest BCUT2D eigenvalue weighted by Gasteiger charge is -2.20. The van der Waals surface area contributed by atoms with Gasteiger partial charge in [-0.25, -0.2) is 0 Å². The molecule has 0 aliphatic carbocycles. The van der Waals surface area contributed by atoms with Crippen molar-refractivity contribution in [1.29, 1.82) is 0 Å². The van der Waals surface area contributed by atoms with Gasteiger partial charge in [-0.15, -0.1) is 0 Å². The van der Waals surface area contributed by atoms with Gasteiger partial charge in [0.05, 0.1) is 5.69 Å². The molecule has 0 saturated heterocycles. The molecule has 0 bridgehead atoms. The summed E-state index contributed by atoms with van der Waals surface area (Å²) < 4.78 is 3.11. The van der Waals surface area contributed by atoms with Gasteiger partial charge in [-0.2, -0.15) is 5.10 Å². The molecular weight excluding hydrogens is 350 g/mol. The molecule has 0 aliphatic heterocycles. The molecule has 1 heterocycles. The highest BCUT2D eigenvalue weighted by molar-refractivity contribution is 9.10. The molecule has 0 aliphatic rings. The summed E-state index contributed by atoms with van der Waals surface area (Å²) in [5.74, 6) is 0. The van der Waals surface area contributed by atoms with Crippen LogP contribution < -0.4 is 5.32 Å². The quantitative estimate of drug-likeness (QED) is 0.810. The number of benzene rings is 1. The summed E-state index contributed by atoms with van der Waals surface area (Å²) in [6.45, 7) is 8.04. The maximum Gasteiger partial charge on any atom is 0.0596 e. The van der Waals surface area contributed by atoms with Gasteiger partial charge in [0.25, 0.3) is 0 Å². The standard InChI is InChI=1S/C16H21BrClN3/c1-4-19-16(14-9-12(17)6-7-15(14)18)10-13-8-11(3)20-21(13)5-2/h6-9,16,19H,4-5,10H2,1-3H3. The lowest BCUT2D eigenvalue weighted by atomic mass is 10.0. The van der Waals surface area contributed by atoms with Crippen molar-refractivity contribution in [2.45, 2.75) is 39.8 Å². The Morgan fingerprint density at radius 2 is 2.10 bits per heavy atom. The van der Waals surface area contributed by atoms with E-state index in [1.54, 1.807) is 0 Å². The van der Waals surface area contributed by atoms with Crippen LogP contribution in [0.5, 0.6) is 0 Å². The topological polar surface area (TPSA) is 29.9 Å². The Morgan fingerprint density at radius 1 is 1.33 bits per heavy atom. The number of nitrogens with one attached hydrogen (secondary N) is 1. The lowest BCUT2D eigenvalue weighted by Crippen LogP contribution is -2.24. The van der Waals surface area contributed by atoms with Crippen molar-refractivity contribution in [3.8, 4) is 0 Å². The van der Waals surface area contributed by atoms with Crippen LogP contribution in [0.4, 0.5) is 0 Å². The van der Waals surface area contributed by atoms with Crippen molar-refractivity contribution in [3.05, 3.63) is 50.7 Å². The molecule has 1 aromatic carbocycles. The normalized spacial score (nSPS) is 12.6. The Labute approximate surface area is 139 Å². The minimum Gasteiger partial charge on any atom is -0.310 e. The van der Waals surface area contributed by atoms with Crippen molar-refractivity contribution >= 4 is 27.5 Å². The summed E-state index contributed by atoms with van der Waals surface area (Å²) in [7, 11) is 0. The van der Waals surface area contributed by atoms with E-state index in [1.165, 1.54) is 5.69 Å². The molecule has 1 N–H and O–H groups in total. The van der Waals surface area contributed by atoms with Crippen LogP contribution in [0.1, 0.15) is 36.8 Å². The predicted octanol–water partition coefficient (Wildman–Crippen LogP) is 4.52. The predicted molar refractivity (Wildman–Crippen MR) is 91.9 cm³/mol. The van der Waals surface area contributed by atoms with E-state index in [0.717, 1.165) is 40.3 Å². The van der Waals surface area contributed by atoms with Crippen LogP contribution in [0.3, 0.4) is 0 Å². The van der Waals surface area contributed by atoms with Crippen LogP contribution in [0.2, 0.25) is 5.02 Å². The summed E-state index contributed by atoms with van der Waals surface area (Å²) in [5.41, 5.74) is 3.41. The summed E-state index contributed by atoms with van der Waals surface area (Å²) in [6, 6.07) is 8.33. The lowest BCUT2D eigenvalue weighted by molar-refractivity contribution is 0.516. The Hall–Kier alpha value is -0.840. The van der Waals surface area contributed by atoms with Gasteiger partial charge in [-0.1, -0.05) is 34.5 Å². The molecule has 3 nitrogen and oxygen atoms in total. The first-order valence-electron chi connectivity index (χ1n) is 7.26. The molecule has 2 aromatic rings. The van der Waals surface area contributed by atoms with Crippen molar-refractivity contribution < 1.29 is 0 Å². The van der Waals surface area contributed by atoms with E-state index in [9.17, 15) is 0 Å². The van der Waals surface area contributed by atoms with Crippen LogP contribution in [-0.2, 0) is 13.0 Å². The highest BCUT2D eigenvalue weighted by Gasteiger charge is 2.17. The first-order chi connectivity index (χ1) is 10.0. The van der Waals surface area contributed by atoms with Gasteiger partial charge < -0.3 is 5.32 Å². The largest absolute Gasteiger partial charge is 0.310 e. The zero-order chi connectivity index (χ0) is 15.4. The van der Waals surface area contributed by atoms with Crippen LogP contribution in [0.15, 0.2) is 28.7 Å². The molecule has 0 fully saturated rings. The Bertz CT molecular complexity index is 610. The van der Waals surface area contributed by atoms with Crippen LogP contribution >= 0.6 is 27.5 Å². The fourth-order valence-corrected chi connectivity index (χ4v) is 3.19. The molecule has 2 rings (SSSR count). The Morgan fingerprint density at radius 3 is 2.76 bits per heavy atom. The van der Waals surface area contributed by atoms with E-state index in [0.29, 0.717) is 0 Å². The maximum absolute atomic E-state index is 6.39. The molecule has 21 heavy (non-hydrogen) atoms. The van der Waals surface area contributed by atoms with Crippen LogP contribution in [-0.4, -0.2) is 16.3 Å². The molecule has 114 valence electrons. The fraction of sp³-hybridized carbons (Fsp3) is 0.438. The molecule has 5 heteroatoms. The minimum atomic E-state index is 0.182. The second-order valence-corrected chi connectivity index (χ2v) is 6.40. The molecule has 0 saturated carbocycles. The molecule has 0 spiro atoms. The third-order valence-corrected chi connectivity index (χ3v) is 4.32. The van der Waals surface area contributed by atoms with E-state index in [2.05, 4.69) is 57.0 Å². The molecule has 1 aromatic heterocycles. The Kier molecular flexibility index (Phi) is 5.85. The molecule has 1 unspecified atom stereocenters. The summed E-state index contributed by atoms with van der Waals surface area (Å²) in [4.78, 5) is 0. The molecule has 0 amide bonds. The van der Waals surface area contributed by atoms with Crippen molar-refractivity contribution in [2.24, 2.45) is 0 Å². The van der Waals surface area contributed by atoms with E-state index >= 15 is 0 Å². The highest BCUT2D eigenvalue weighted by atomic mass is 79.9. The number of rotatable bonds is 6. The van der Waals surface area contributed by atoms with Crippen molar-refractivity contribution in [2.75, 3.05) is 6.54 Å². The maximum atomic E-state index is 6.39. The monoisotopic (exact) mass is 369 g/mol.